The van der Waals surface area contributed by atoms with Crippen molar-refractivity contribution in [2.75, 3.05) is 20.8 Å². The van der Waals surface area contributed by atoms with E-state index in [1.807, 2.05) is 32.0 Å². The number of carbonyl (C=O) groups excluding carboxylic acids is 1. The fourth-order valence-electron chi connectivity index (χ4n) is 1.99. The number of hydrogen-bond donors (Lipinski definition) is 2. The molecule has 22 heavy (non-hydrogen) atoms. The number of nitrogens with one attached hydrogen (secondary N) is 1. The molecule has 5 nitrogen and oxygen atoms in total. The maximum Gasteiger partial charge on any atom is 0.237 e. The average Bonchev–Trinajstić information content (AvgIpc) is 2.50. The summed E-state index contributed by atoms with van der Waals surface area (Å²) in [6.07, 6.45) is 1.62. The quantitative estimate of drug-likeness (QED) is 0.716. The van der Waals surface area contributed by atoms with Gasteiger partial charge < -0.3 is 20.5 Å². The number of nitrogens with two attached hydrogens (primary N) is 1. The largest absolute Gasteiger partial charge is 0.497 e. The number of carbonyl (C=O) groups is 1. The Hall–Kier alpha value is -1.46. The molecular formula is C16H27ClN2O3. The topological polar surface area (TPSA) is 73.6 Å². The third kappa shape index (κ3) is 6.12. The van der Waals surface area contributed by atoms with Crippen LogP contribution in [0.4, 0.5) is 0 Å². The molecule has 0 saturated heterocycles. The number of rotatable bonds is 8. The van der Waals surface area contributed by atoms with Crippen LogP contribution >= 0.6 is 12.4 Å². The Morgan fingerprint density at radius 2 is 1.95 bits per heavy atom. The number of hydrogen-bond acceptors (Lipinski definition) is 4. The van der Waals surface area contributed by atoms with Crippen LogP contribution in [0, 0.1) is 5.92 Å². The molecule has 0 spiro atoms. The zero-order valence-corrected chi connectivity index (χ0v) is 14.5. The van der Waals surface area contributed by atoms with Gasteiger partial charge in [-0.15, -0.1) is 12.4 Å². The van der Waals surface area contributed by atoms with E-state index in [4.69, 9.17) is 15.2 Å². The number of ether oxygens (including phenoxy) is 2. The van der Waals surface area contributed by atoms with Gasteiger partial charge in [0, 0.05) is 6.54 Å². The summed E-state index contributed by atoms with van der Waals surface area (Å²) in [6, 6.07) is 5.27. The van der Waals surface area contributed by atoms with Gasteiger partial charge in [0.05, 0.1) is 20.3 Å². The molecular weight excluding hydrogens is 304 g/mol. The zero-order chi connectivity index (χ0) is 15.8. The Morgan fingerprint density at radius 1 is 1.27 bits per heavy atom. The number of benzene rings is 1. The molecule has 0 aromatic heterocycles. The molecule has 1 aromatic rings. The minimum atomic E-state index is -0.448. The molecule has 0 radical (unpaired) electrons. The molecule has 0 aliphatic carbocycles. The molecule has 0 heterocycles. The summed E-state index contributed by atoms with van der Waals surface area (Å²) in [5, 5.41) is 2.86. The van der Waals surface area contributed by atoms with Crippen LogP contribution in [0.3, 0.4) is 0 Å². The highest BCUT2D eigenvalue weighted by Crippen LogP contribution is 2.24. The standard InChI is InChI=1S/C16H26N2O3.ClH/c1-11(2)15(17)16(19)18-9-5-6-12-10-13(20-3)7-8-14(12)21-4;/h7-8,10-11,15H,5-6,9,17H2,1-4H3,(H,18,19);1H/t15-;/m0./s1. The zero-order valence-electron chi connectivity index (χ0n) is 13.7. The van der Waals surface area contributed by atoms with Crippen LogP contribution < -0.4 is 20.5 Å². The second-order valence-electron chi connectivity index (χ2n) is 5.34. The third-order valence-corrected chi connectivity index (χ3v) is 3.43. The lowest BCUT2D eigenvalue weighted by atomic mass is 10.0. The lowest BCUT2D eigenvalue weighted by molar-refractivity contribution is -0.123. The van der Waals surface area contributed by atoms with Gasteiger partial charge in [-0.05, 0) is 42.5 Å². The Balaban J connectivity index is 0.00000441. The first-order valence-electron chi connectivity index (χ1n) is 7.23. The summed E-state index contributed by atoms with van der Waals surface area (Å²) in [6.45, 7) is 4.47. The normalized spacial score (nSPS) is 11.5. The van der Waals surface area contributed by atoms with E-state index in [1.165, 1.54) is 0 Å². The summed E-state index contributed by atoms with van der Waals surface area (Å²) >= 11 is 0. The Labute approximate surface area is 139 Å². The Morgan fingerprint density at radius 3 is 2.50 bits per heavy atom. The fraction of sp³-hybridized carbons (Fsp3) is 0.562. The van der Waals surface area contributed by atoms with Gasteiger partial charge in [-0.3, -0.25) is 4.79 Å². The first-order chi connectivity index (χ1) is 9.99. The van der Waals surface area contributed by atoms with Crippen LogP contribution in [0.1, 0.15) is 25.8 Å². The van der Waals surface area contributed by atoms with Crippen molar-refractivity contribution in [3.63, 3.8) is 0 Å². The van der Waals surface area contributed by atoms with Crippen LogP contribution in [-0.2, 0) is 11.2 Å². The lowest BCUT2D eigenvalue weighted by Gasteiger charge is -2.15. The van der Waals surface area contributed by atoms with E-state index >= 15 is 0 Å². The van der Waals surface area contributed by atoms with E-state index < -0.39 is 6.04 Å². The van der Waals surface area contributed by atoms with Crippen molar-refractivity contribution in [3.05, 3.63) is 23.8 Å². The molecule has 126 valence electrons. The third-order valence-electron chi connectivity index (χ3n) is 3.43. The minimum absolute atomic E-state index is 0. The maximum atomic E-state index is 11.7. The van der Waals surface area contributed by atoms with E-state index in [2.05, 4.69) is 5.32 Å². The van der Waals surface area contributed by atoms with E-state index in [0.717, 1.165) is 29.9 Å². The number of halogens is 1. The van der Waals surface area contributed by atoms with Gasteiger partial charge in [0.15, 0.2) is 0 Å². The van der Waals surface area contributed by atoms with Gasteiger partial charge >= 0.3 is 0 Å². The van der Waals surface area contributed by atoms with E-state index in [1.54, 1.807) is 14.2 Å². The number of aryl methyl sites for hydroxylation is 1. The van der Waals surface area contributed by atoms with Crippen molar-refractivity contribution in [2.24, 2.45) is 11.7 Å². The maximum absolute atomic E-state index is 11.7. The first kappa shape index (κ1) is 20.5. The van der Waals surface area contributed by atoms with E-state index in [9.17, 15) is 4.79 Å². The SMILES string of the molecule is COc1ccc(OC)c(CCCNC(=O)[C@@H](N)C(C)C)c1.Cl. The van der Waals surface area contributed by atoms with Crippen molar-refractivity contribution in [1.29, 1.82) is 0 Å². The fourth-order valence-corrected chi connectivity index (χ4v) is 1.99. The smallest absolute Gasteiger partial charge is 0.237 e. The van der Waals surface area contributed by atoms with Gasteiger partial charge in [0.25, 0.3) is 0 Å². The van der Waals surface area contributed by atoms with Crippen LogP contribution in [0.25, 0.3) is 0 Å². The summed E-state index contributed by atoms with van der Waals surface area (Å²) in [4.78, 5) is 11.7. The van der Waals surface area contributed by atoms with Gasteiger partial charge in [-0.25, -0.2) is 0 Å². The second kappa shape index (κ2) is 10.3. The second-order valence-corrected chi connectivity index (χ2v) is 5.34. The molecule has 3 N–H and O–H groups in total. The highest BCUT2D eigenvalue weighted by molar-refractivity contribution is 5.85. The van der Waals surface area contributed by atoms with Crippen LogP contribution in [-0.4, -0.2) is 32.7 Å². The van der Waals surface area contributed by atoms with E-state index in [0.29, 0.717) is 6.54 Å². The van der Waals surface area contributed by atoms with Crippen molar-refractivity contribution < 1.29 is 14.3 Å². The summed E-state index contributed by atoms with van der Waals surface area (Å²) in [5.41, 5.74) is 6.86. The predicted octanol–water partition coefficient (Wildman–Crippen LogP) is 2.16. The molecule has 6 heteroatoms. The molecule has 0 aliphatic rings. The van der Waals surface area contributed by atoms with Gasteiger partial charge in [-0.1, -0.05) is 13.8 Å². The molecule has 1 aromatic carbocycles. The summed E-state index contributed by atoms with van der Waals surface area (Å²) in [5.74, 6) is 1.68. The molecule has 0 aliphatic heterocycles. The highest BCUT2D eigenvalue weighted by Gasteiger charge is 2.16. The van der Waals surface area contributed by atoms with Crippen LogP contribution in [0.2, 0.25) is 0 Å². The Kier molecular flexibility index (Phi) is 9.61. The van der Waals surface area contributed by atoms with Crippen molar-refractivity contribution in [1.82, 2.24) is 5.32 Å². The molecule has 1 amide bonds. The lowest BCUT2D eigenvalue weighted by Crippen LogP contribution is -2.44. The van der Waals surface area contributed by atoms with Crippen LogP contribution in [0.15, 0.2) is 18.2 Å². The van der Waals surface area contributed by atoms with Gasteiger partial charge in [-0.2, -0.15) is 0 Å². The number of methoxy groups -OCH3 is 2. The van der Waals surface area contributed by atoms with Crippen molar-refractivity contribution >= 4 is 18.3 Å². The summed E-state index contributed by atoms with van der Waals surface area (Å²) in [7, 11) is 3.29. The van der Waals surface area contributed by atoms with Crippen molar-refractivity contribution in [2.45, 2.75) is 32.7 Å². The minimum Gasteiger partial charge on any atom is -0.497 e. The molecule has 0 saturated carbocycles. The molecule has 0 fully saturated rings. The van der Waals surface area contributed by atoms with Gasteiger partial charge in [0.2, 0.25) is 5.91 Å². The van der Waals surface area contributed by atoms with E-state index in [-0.39, 0.29) is 24.2 Å². The molecule has 1 atom stereocenters. The number of amides is 1. The molecule has 1 rings (SSSR count). The molecule has 0 bridgehead atoms. The Bertz CT molecular complexity index is 467. The van der Waals surface area contributed by atoms with Crippen molar-refractivity contribution in [3.8, 4) is 11.5 Å². The average molecular weight is 331 g/mol. The first-order valence-corrected chi connectivity index (χ1v) is 7.23. The predicted molar refractivity (Wildman–Crippen MR) is 90.9 cm³/mol. The molecule has 0 unspecified atom stereocenters. The monoisotopic (exact) mass is 330 g/mol. The van der Waals surface area contributed by atoms with Crippen LogP contribution in [0.5, 0.6) is 11.5 Å². The highest BCUT2D eigenvalue weighted by atomic mass is 35.5. The van der Waals surface area contributed by atoms with Gasteiger partial charge in [0.1, 0.15) is 11.5 Å². The summed E-state index contributed by atoms with van der Waals surface area (Å²) < 4.78 is 10.5.